The van der Waals surface area contributed by atoms with E-state index in [0.29, 0.717) is 12.6 Å². The smallest absolute Gasteiger partial charge is 0.0765 e. The third-order valence-electron chi connectivity index (χ3n) is 4.15. The Hall–Kier alpha value is -1.20. The van der Waals surface area contributed by atoms with Crippen LogP contribution in [0.2, 0.25) is 5.02 Å². The number of morpholine rings is 1. The number of benzene rings is 1. The summed E-state index contributed by atoms with van der Waals surface area (Å²) in [5.74, 6) is 0. The number of hydrogen-bond acceptors (Lipinski definition) is 4. The second-order valence-electron chi connectivity index (χ2n) is 5.45. The fourth-order valence-electron chi connectivity index (χ4n) is 3.07. The Morgan fingerprint density at radius 3 is 3.10 bits per heavy atom. The van der Waals surface area contributed by atoms with Crippen molar-refractivity contribution >= 4 is 22.5 Å². The van der Waals surface area contributed by atoms with Gasteiger partial charge in [-0.05, 0) is 30.7 Å². The SMILES string of the molecule is CC1COCCN1C(CN)c1ccc(Cl)c2cccnc12. The molecule has 4 nitrogen and oxygen atoms in total. The van der Waals surface area contributed by atoms with Crippen molar-refractivity contribution in [2.24, 2.45) is 5.73 Å². The predicted octanol–water partition coefficient (Wildman–Crippen LogP) is 2.61. The topological polar surface area (TPSA) is 51.4 Å². The van der Waals surface area contributed by atoms with Gasteiger partial charge < -0.3 is 10.5 Å². The van der Waals surface area contributed by atoms with Gasteiger partial charge in [-0.1, -0.05) is 17.7 Å². The van der Waals surface area contributed by atoms with Gasteiger partial charge in [0.05, 0.1) is 18.7 Å². The number of fused-ring (bicyclic) bond motifs is 1. The van der Waals surface area contributed by atoms with E-state index >= 15 is 0 Å². The van der Waals surface area contributed by atoms with Gasteiger partial charge in [0.2, 0.25) is 0 Å². The molecule has 0 radical (unpaired) electrons. The molecule has 1 fully saturated rings. The molecule has 2 atom stereocenters. The second-order valence-corrected chi connectivity index (χ2v) is 5.86. The van der Waals surface area contributed by atoms with Crippen molar-refractivity contribution in [3.05, 3.63) is 41.0 Å². The van der Waals surface area contributed by atoms with Crippen molar-refractivity contribution in [3.8, 4) is 0 Å². The molecule has 0 saturated carbocycles. The lowest BCUT2D eigenvalue weighted by atomic mass is 9.99. The number of hydrogen-bond donors (Lipinski definition) is 1. The molecule has 21 heavy (non-hydrogen) atoms. The Balaban J connectivity index is 2.07. The van der Waals surface area contributed by atoms with E-state index in [9.17, 15) is 0 Å². The first-order valence-corrected chi connectivity index (χ1v) is 7.67. The van der Waals surface area contributed by atoms with Gasteiger partial charge in [0.25, 0.3) is 0 Å². The van der Waals surface area contributed by atoms with Crippen LogP contribution in [0.3, 0.4) is 0 Å². The monoisotopic (exact) mass is 305 g/mol. The molecule has 1 aromatic carbocycles. The molecule has 1 aliphatic rings. The zero-order chi connectivity index (χ0) is 14.8. The third-order valence-corrected chi connectivity index (χ3v) is 4.48. The lowest BCUT2D eigenvalue weighted by Gasteiger charge is -2.39. The van der Waals surface area contributed by atoms with E-state index < -0.39 is 0 Å². The number of ether oxygens (including phenoxy) is 1. The van der Waals surface area contributed by atoms with Crippen LogP contribution in [0, 0.1) is 0 Å². The fraction of sp³-hybridized carbons (Fsp3) is 0.438. The summed E-state index contributed by atoms with van der Waals surface area (Å²) in [5.41, 5.74) is 8.17. The molecule has 1 saturated heterocycles. The first-order valence-electron chi connectivity index (χ1n) is 7.29. The number of nitrogens with zero attached hydrogens (tertiary/aromatic N) is 2. The largest absolute Gasteiger partial charge is 0.379 e. The van der Waals surface area contributed by atoms with E-state index in [0.717, 1.165) is 41.2 Å². The minimum atomic E-state index is 0.138. The summed E-state index contributed by atoms with van der Waals surface area (Å²) in [6, 6.07) is 8.39. The zero-order valence-electron chi connectivity index (χ0n) is 12.1. The van der Waals surface area contributed by atoms with Crippen LogP contribution >= 0.6 is 11.6 Å². The average molecular weight is 306 g/mol. The van der Waals surface area contributed by atoms with E-state index in [4.69, 9.17) is 22.1 Å². The van der Waals surface area contributed by atoms with E-state index in [2.05, 4.69) is 22.9 Å². The highest BCUT2D eigenvalue weighted by Crippen LogP contribution is 2.32. The average Bonchev–Trinajstić information content (AvgIpc) is 2.52. The standard InChI is InChI=1S/C16H20ClN3O/c1-11-10-21-8-7-20(11)15(9-18)13-4-5-14(17)12-3-2-6-19-16(12)13/h2-6,11,15H,7-10,18H2,1H3. The second kappa shape index (κ2) is 6.28. The zero-order valence-corrected chi connectivity index (χ0v) is 12.9. The molecule has 0 bridgehead atoms. The quantitative estimate of drug-likeness (QED) is 0.947. The number of pyridine rings is 1. The maximum atomic E-state index is 6.29. The number of nitrogens with two attached hydrogens (primary N) is 1. The molecular formula is C16H20ClN3O. The summed E-state index contributed by atoms with van der Waals surface area (Å²) in [4.78, 5) is 6.94. The Bertz CT molecular complexity index is 634. The lowest BCUT2D eigenvalue weighted by molar-refractivity contribution is -0.0207. The van der Waals surface area contributed by atoms with E-state index in [1.54, 1.807) is 6.20 Å². The highest BCUT2D eigenvalue weighted by atomic mass is 35.5. The van der Waals surface area contributed by atoms with Crippen molar-refractivity contribution in [2.75, 3.05) is 26.3 Å². The van der Waals surface area contributed by atoms with E-state index in [1.165, 1.54) is 0 Å². The van der Waals surface area contributed by atoms with Crippen LogP contribution < -0.4 is 5.73 Å². The van der Waals surface area contributed by atoms with Crippen LogP contribution in [0.15, 0.2) is 30.5 Å². The Morgan fingerprint density at radius 2 is 2.33 bits per heavy atom. The molecule has 0 aliphatic carbocycles. The van der Waals surface area contributed by atoms with Crippen LogP contribution in [-0.4, -0.2) is 42.2 Å². The third kappa shape index (κ3) is 2.77. The number of rotatable bonds is 3. The van der Waals surface area contributed by atoms with Gasteiger partial charge in [0, 0.05) is 41.8 Å². The van der Waals surface area contributed by atoms with Gasteiger partial charge in [0.1, 0.15) is 0 Å². The molecule has 112 valence electrons. The summed E-state index contributed by atoms with van der Waals surface area (Å²) in [6.07, 6.45) is 1.80. The van der Waals surface area contributed by atoms with Gasteiger partial charge in [-0.3, -0.25) is 9.88 Å². The minimum Gasteiger partial charge on any atom is -0.379 e. The van der Waals surface area contributed by atoms with Gasteiger partial charge in [0.15, 0.2) is 0 Å². The highest BCUT2D eigenvalue weighted by molar-refractivity contribution is 6.35. The van der Waals surface area contributed by atoms with Crippen LogP contribution in [0.25, 0.3) is 10.9 Å². The fourth-order valence-corrected chi connectivity index (χ4v) is 3.29. The molecule has 5 heteroatoms. The number of aromatic nitrogens is 1. The molecule has 2 aromatic rings. The first-order chi connectivity index (χ1) is 10.2. The van der Waals surface area contributed by atoms with Crippen LogP contribution in [0.1, 0.15) is 18.5 Å². The van der Waals surface area contributed by atoms with Crippen molar-refractivity contribution in [1.82, 2.24) is 9.88 Å². The van der Waals surface area contributed by atoms with Crippen molar-refractivity contribution in [2.45, 2.75) is 19.0 Å². The van der Waals surface area contributed by atoms with Crippen LogP contribution in [0.4, 0.5) is 0 Å². The van der Waals surface area contributed by atoms with Gasteiger partial charge in [-0.15, -0.1) is 0 Å². The van der Waals surface area contributed by atoms with Crippen LogP contribution in [0.5, 0.6) is 0 Å². The minimum absolute atomic E-state index is 0.138. The molecule has 1 aliphatic heterocycles. The molecule has 1 aromatic heterocycles. The number of halogens is 1. The maximum absolute atomic E-state index is 6.29. The van der Waals surface area contributed by atoms with Crippen molar-refractivity contribution in [1.29, 1.82) is 0 Å². The molecule has 0 amide bonds. The summed E-state index contributed by atoms with van der Waals surface area (Å²) < 4.78 is 5.53. The Kier molecular flexibility index (Phi) is 4.40. The predicted molar refractivity (Wildman–Crippen MR) is 85.5 cm³/mol. The van der Waals surface area contributed by atoms with E-state index in [-0.39, 0.29) is 6.04 Å². The van der Waals surface area contributed by atoms with Crippen LogP contribution in [-0.2, 0) is 4.74 Å². The van der Waals surface area contributed by atoms with Gasteiger partial charge >= 0.3 is 0 Å². The summed E-state index contributed by atoms with van der Waals surface area (Å²) in [7, 11) is 0. The summed E-state index contributed by atoms with van der Waals surface area (Å²) >= 11 is 6.29. The summed E-state index contributed by atoms with van der Waals surface area (Å²) in [5, 5.41) is 1.71. The maximum Gasteiger partial charge on any atom is 0.0765 e. The Labute approximate surface area is 129 Å². The highest BCUT2D eigenvalue weighted by Gasteiger charge is 2.28. The molecule has 2 heterocycles. The molecule has 3 rings (SSSR count). The molecule has 0 spiro atoms. The normalized spacial score (nSPS) is 21.6. The van der Waals surface area contributed by atoms with Gasteiger partial charge in [-0.2, -0.15) is 0 Å². The van der Waals surface area contributed by atoms with Crippen molar-refractivity contribution < 1.29 is 4.74 Å². The lowest BCUT2D eigenvalue weighted by Crippen LogP contribution is -2.47. The Morgan fingerprint density at radius 1 is 1.48 bits per heavy atom. The first kappa shape index (κ1) is 14.7. The van der Waals surface area contributed by atoms with Gasteiger partial charge in [-0.25, -0.2) is 0 Å². The molecule has 2 N–H and O–H groups in total. The molecular weight excluding hydrogens is 286 g/mol. The molecule has 2 unspecified atom stereocenters. The van der Waals surface area contributed by atoms with E-state index in [1.807, 2.05) is 18.2 Å². The van der Waals surface area contributed by atoms with Crippen molar-refractivity contribution in [3.63, 3.8) is 0 Å². The summed E-state index contributed by atoms with van der Waals surface area (Å²) in [6.45, 7) is 5.11.